The van der Waals surface area contributed by atoms with Crippen LogP contribution in [-0.2, 0) is 10.2 Å². The summed E-state index contributed by atoms with van der Waals surface area (Å²) in [6.07, 6.45) is 7.57. The number of ether oxygens (including phenoxy) is 1. The average molecular weight is 436 g/mol. The summed E-state index contributed by atoms with van der Waals surface area (Å²) in [5.74, 6) is 1.10. The molecular formula is C23H25N5O2S. The van der Waals surface area contributed by atoms with Crippen molar-refractivity contribution in [1.82, 2.24) is 15.0 Å². The molecule has 0 radical (unpaired) electrons. The van der Waals surface area contributed by atoms with E-state index in [4.69, 9.17) is 4.74 Å². The van der Waals surface area contributed by atoms with Gasteiger partial charge in [-0.05, 0) is 68.5 Å². The van der Waals surface area contributed by atoms with Crippen LogP contribution in [0.1, 0.15) is 32.4 Å². The number of aromatic nitrogens is 3. The zero-order valence-corrected chi connectivity index (χ0v) is 18.6. The Kier molecular flexibility index (Phi) is 6.08. The first-order valence-electron chi connectivity index (χ1n) is 10.1. The van der Waals surface area contributed by atoms with Crippen LogP contribution < -0.4 is 14.8 Å². The number of carbonyl (C=O) groups is 1. The molecule has 1 amide bonds. The van der Waals surface area contributed by atoms with Gasteiger partial charge in [0, 0.05) is 28.9 Å². The zero-order chi connectivity index (χ0) is 21.8. The van der Waals surface area contributed by atoms with Gasteiger partial charge in [-0.2, -0.15) is 0 Å². The van der Waals surface area contributed by atoms with Gasteiger partial charge in [0.1, 0.15) is 5.75 Å². The van der Waals surface area contributed by atoms with Crippen LogP contribution in [0.2, 0.25) is 0 Å². The Morgan fingerprint density at radius 2 is 1.90 bits per heavy atom. The minimum absolute atomic E-state index is 0.136. The molecule has 0 bridgehead atoms. The first-order chi connectivity index (χ1) is 15.0. The summed E-state index contributed by atoms with van der Waals surface area (Å²) in [6.45, 7) is 3.72. The fourth-order valence-corrected chi connectivity index (χ4v) is 3.66. The molecule has 2 N–H and O–H groups in total. The normalized spacial score (nSPS) is 13.5. The Bertz CT molecular complexity index is 1070. The van der Waals surface area contributed by atoms with Crippen molar-refractivity contribution in [2.45, 2.75) is 37.4 Å². The molecule has 0 aliphatic heterocycles. The SMILES string of the molecule is COc1cncc(-c2ccc(NC(=O)C(C)(C)c3ccnc(NSC4CC4)n3)cc2)c1. The largest absolute Gasteiger partial charge is 0.495 e. The molecule has 1 aliphatic carbocycles. The number of pyridine rings is 1. The Labute approximate surface area is 186 Å². The molecule has 1 aliphatic rings. The maximum absolute atomic E-state index is 13.0. The van der Waals surface area contributed by atoms with Gasteiger partial charge in [-0.1, -0.05) is 12.1 Å². The van der Waals surface area contributed by atoms with Gasteiger partial charge in [0.15, 0.2) is 0 Å². The number of nitrogens with zero attached hydrogens (tertiary/aromatic N) is 3. The summed E-state index contributed by atoms with van der Waals surface area (Å²) in [6, 6.07) is 11.4. The van der Waals surface area contributed by atoms with Crippen LogP contribution in [0.4, 0.5) is 11.6 Å². The van der Waals surface area contributed by atoms with Crippen LogP contribution in [0.15, 0.2) is 55.0 Å². The lowest BCUT2D eigenvalue weighted by Gasteiger charge is -2.23. The highest BCUT2D eigenvalue weighted by molar-refractivity contribution is 8.01. The molecule has 0 unspecified atom stereocenters. The lowest BCUT2D eigenvalue weighted by molar-refractivity contribution is -0.120. The predicted molar refractivity (Wildman–Crippen MR) is 124 cm³/mol. The van der Waals surface area contributed by atoms with Gasteiger partial charge >= 0.3 is 0 Å². The highest BCUT2D eigenvalue weighted by atomic mass is 32.2. The molecule has 8 heteroatoms. The second kappa shape index (κ2) is 8.93. The quantitative estimate of drug-likeness (QED) is 0.496. The molecule has 160 valence electrons. The number of nitrogens with one attached hydrogen (secondary N) is 2. The minimum Gasteiger partial charge on any atom is -0.495 e. The summed E-state index contributed by atoms with van der Waals surface area (Å²) in [5.41, 5.74) is 2.50. The summed E-state index contributed by atoms with van der Waals surface area (Å²) >= 11 is 1.64. The van der Waals surface area contributed by atoms with Crippen molar-refractivity contribution in [3.8, 4) is 16.9 Å². The molecule has 0 atom stereocenters. The highest BCUT2D eigenvalue weighted by Crippen LogP contribution is 2.34. The number of hydrogen-bond donors (Lipinski definition) is 2. The number of amides is 1. The highest BCUT2D eigenvalue weighted by Gasteiger charge is 2.32. The van der Waals surface area contributed by atoms with Crippen molar-refractivity contribution in [1.29, 1.82) is 0 Å². The van der Waals surface area contributed by atoms with Crippen LogP contribution in [0.25, 0.3) is 11.1 Å². The maximum Gasteiger partial charge on any atom is 0.236 e. The smallest absolute Gasteiger partial charge is 0.236 e. The van der Waals surface area contributed by atoms with Crippen LogP contribution in [0.3, 0.4) is 0 Å². The van der Waals surface area contributed by atoms with E-state index >= 15 is 0 Å². The van der Waals surface area contributed by atoms with Gasteiger partial charge in [0.2, 0.25) is 11.9 Å². The molecule has 1 saturated carbocycles. The average Bonchev–Trinajstić information content (AvgIpc) is 3.63. The summed E-state index contributed by atoms with van der Waals surface area (Å²) in [7, 11) is 1.61. The fraction of sp³-hybridized carbons (Fsp3) is 0.304. The third-order valence-electron chi connectivity index (χ3n) is 5.13. The van der Waals surface area contributed by atoms with E-state index in [0.29, 0.717) is 22.6 Å². The van der Waals surface area contributed by atoms with Gasteiger partial charge in [-0.15, -0.1) is 0 Å². The third-order valence-corrected chi connectivity index (χ3v) is 6.23. The second-order valence-electron chi connectivity index (χ2n) is 7.95. The number of rotatable bonds is 8. The Morgan fingerprint density at radius 3 is 2.61 bits per heavy atom. The monoisotopic (exact) mass is 435 g/mol. The van der Waals surface area contributed by atoms with Gasteiger partial charge < -0.3 is 10.1 Å². The molecule has 0 spiro atoms. The first-order valence-corrected chi connectivity index (χ1v) is 11.0. The number of hydrogen-bond acceptors (Lipinski definition) is 7. The molecule has 0 saturated heterocycles. The summed E-state index contributed by atoms with van der Waals surface area (Å²) in [4.78, 5) is 26.0. The van der Waals surface area contributed by atoms with Crippen molar-refractivity contribution in [3.05, 3.63) is 60.7 Å². The summed E-state index contributed by atoms with van der Waals surface area (Å²) in [5, 5.41) is 3.63. The van der Waals surface area contributed by atoms with E-state index in [1.807, 2.05) is 44.2 Å². The zero-order valence-electron chi connectivity index (χ0n) is 17.8. The predicted octanol–water partition coefficient (Wildman–Crippen LogP) is 4.69. The molecule has 1 aromatic carbocycles. The van der Waals surface area contributed by atoms with Crippen molar-refractivity contribution < 1.29 is 9.53 Å². The first kappa shape index (κ1) is 21.1. The van der Waals surface area contributed by atoms with E-state index in [1.165, 1.54) is 12.8 Å². The van der Waals surface area contributed by atoms with Gasteiger partial charge in [-0.3, -0.25) is 14.5 Å². The topological polar surface area (TPSA) is 89.0 Å². The molecule has 31 heavy (non-hydrogen) atoms. The van der Waals surface area contributed by atoms with Crippen LogP contribution in [0.5, 0.6) is 5.75 Å². The molecule has 7 nitrogen and oxygen atoms in total. The third kappa shape index (κ3) is 5.14. The minimum atomic E-state index is -0.820. The molecule has 3 aromatic rings. The molecular weight excluding hydrogens is 410 g/mol. The summed E-state index contributed by atoms with van der Waals surface area (Å²) < 4.78 is 8.42. The molecule has 2 aromatic heterocycles. The van der Waals surface area contributed by atoms with E-state index in [2.05, 4.69) is 25.0 Å². The van der Waals surface area contributed by atoms with E-state index in [0.717, 1.165) is 16.8 Å². The number of methoxy groups -OCH3 is 1. The fourth-order valence-electron chi connectivity index (χ4n) is 2.92. The van der Waals surface area contributed by atoms with Gasteiger partial charge in [0.05, 0.1) is 24.4 Å². The standard InChI is InChI=1S/C23H25N5O2S/c1-23(2,20-10-11-25-22(27-20)28-31-19-8-9-19)21(29)26-17-6-4-15(5-7-17)16-12-18(30-3)14-24-13-16/h4-7,10-14,19H,8-9H2,1-3H3,(H,26,29)(H,25,27,28). The maximum atomic E-state index is 13.0. The van der Waals surface area contributed by atoms with E-state index < -0.39 is 5.41 Å². The van der Waals surface area contributed by atoms with Crippen LogP contribution >= 0.6 is 11.9 Å². The molecule has 1 fully saturated rings. The lowest BCUT2D eigenvalue weighted by Crippen LogP contribution is -2.35. The van der Waals surface area contributed by atoms with E-state index in [9.17, 15) is 4.79 Å². The lowest BCUT2D eigenvalue weighted by atomic mass is 9.88. The van der Waals surface area contributed by atoms with Crippen LogP contribution in [0, 0.1) is 0 Å². The second-order valence-corrected chi connectivity index (χ2v) is 9.06. The van der Waals surface area contributed by atoms with E-state index in [1.54, 1.807) is 43.7 Å². The van der Waals surface area contributed by atoms with Crippen molar-refractivity contribution in [3.63, 3.8) is 0 Å². The Hall–Kier alpha value is -3.13. The van der Waals surface area contributed by atoms with E-state index in [-0.39, 0.29) is 5.91 Å². The molecule has 4 rings (SSSR count). The van der Waals surface area contributed by atoms with Crippen LogP contribution in [-0.4, -0.2) is 33.2 Å². The number of carbonyl (C=O) groups excluding carboxylic acids is 1. The Balaban J connectivity index is 1.44. The number of anilines is 2. The molecule has 2 heterocycles. The van der Waals surface area contributed by atoms with Gasteiger partial charge in [0.25, 0.3) is 0 Å². The van der Waals surface area contributed by atoms with Crippen molar-refractivity contribution >= 4 is 29.5 Å². The Morgan fingerprint density at radius 1 is 1.13 bits per heavy atom. The van der Waals surface area contributed by atoms with Gasteiger partial charge in [-0.25, -0.2) is 9.97 Å². The van der Waals surface area contributed by atoms with Crippen molar-refractivity contribution in [2.24, 2.45) is 0 Å². The number of benzene rings is 1. The van der Waals surface area contributed by atoms with Crippen molar-refractivity contribution in [2.75, 3.05) is 17.1 Å².